The molecule has 0 bridgehead atoms. The van der Waals surface area contributed by atoms with Crippen LogP contribution in [0.2, 0.25) is 0 Å². The van der Waals surface area contributed by atoms with Crippen molar-refractivity contribution in [2.24, 2.45) is 11.7 Å². The van der Waals surface area contributed by atoms with Gasteiger partial charge in [0.25, 0.3) is 0 Å². The number of hydrogen-bond acceptors (Lipinski definition) is 2. The van der Waals surface area contributed by atoms with E-state index < -0.39 is 0 Å². The van der Waals surface area contributed by atoms with Gasteiger partial charge in [-0.2, -0.15) is 0 Å². The largest absolute Gasteiger partial charge is 0.329 e. The van der Waals surface area contributed by atoms with Crippen molar-refractivity contribution in [2.45, 2.75) is 39.8 Å². The van der Waals surface area contributed by atoms with Gasteiger partial charge in [0.15, 0.2) is 0 Å². The summed E-state index contributed by atoms with van der Waals surface area (Å²) in [7, 11) is 0. The quantitative estimate of drug-likeness (QED) is 0.800. The van der Waals surface area contributed by atoms with Gasteiger partial charge in [-0.1, -0.05) is 43.7 Å². The smallest absolute Gasteiger partial charge is 0.0301 e. The van der Waals surface area contributed by atoms with Gasteiger partial charge in [0.2, 0.25) is 0 Å². The Morgan fingerprint density at radius 1 is 1.38 bits per heavy atom. The third-order valence-corrected chi connectivity index (χ3v) is 3.48. The van der Waals surface area contributed by atoms with Gasteiger partial charge in [-0.3, -0.25) is 0 Å². The van der Waals surface area contributed by atoms with E-state index in [1.807, 2.05) is 0 Å². The molecule has 2 nitrogen and oxygen atoms in total. The highest BCUT2D eigenvalue weighted by Crippen LogP contribution is 2.16. The zero-order valence-electron chi connectivity index (χ0n) is 10.9. The first kappa shape index (κ1) is 13.2. The zero-order valence-corrected chi connectivity index (χ0v) is 10.9. The molecule has 0 saturated carbocycles. The second-order valence-corrected chi connectivity index (χ2v) is 5.12. The number of rotatable bonds is 5. The first-order valence-electron chi connectivity index (χ1n) is 5.98. The molecule has 1 aromatic rings. The van der Waals surface area contributed by atoms with Crippen LogP contribution in [0.1, 0.15) is 31.9 Å². The maximum Gasteiger partial charge on any atom is 0.0301 e. The molecule has 1 rings (SSSR count). The Bertz CT molecular complexity index is 333. The van der Waals surface area contributed by atoms with Crippen molar-refractivity contribution in [2.75, 3.05) is 6.54 Å². The summed E-state index contributed by atoms with van der Waals surface area (Å²) in [6, 6.07) is 8.58. The fourth-order valence-corrected chi connectivity index (χ4v) is 1.64. The summed E-state index contributed by atoms with van der Waals surface area (Å²) in [5.74, 6) is 0.530. The first-order chi connectivity index (χ1) is 7.48. The Labute approximate surface area is 99.2 Å². The molecule has 1 unspecified atom stereocenters. The topological polar surface area (TPSA) is 38.0 Å². The maximum absolute atomic E-state index is 5.84. The van der Waals surface area contributed by atoms with Crippen LogP contribution in [0.15, 0.2) is 24.3 Å². The molecule has 1 atom stereocenters. The van der Waals surface area contributed by atoms with E-state index in [1.54, 1.807) is 0 Å². The number of hydrogen-bond donors (Lipinski definition) is 2. The van der Waals surface area contributed by atoms with Crippen LogP contribution < -0.4 is 11.1 Å². The lowest BCUT2D eigenvalue weighted by Gasteiger charge is -2.34. The minimum atomic E-state index is 0.0176. The second kappa shape index (κ2) is 5.46. The van der Waals surface area contributed by atoms with Crippen LogP contribution in [0.25, 0.3) is 0 Å². The van der Waals surface area contributed by atoms with Gasteiger partial charge in [0.1, 0.15) is 0 Å². The van der Waals surface area contributed by atoms with Crippen molar-refractivity contribution in [3.63, 3.8) is 0 Å². The monoisotopic (exact) mass is 220 g/mol. The summed E-state index contributed by atoms with van der Waals surface area (Å²) in [4.78, 5) is 0. The normalized spacial score (nSPS) is 15.1. The third-order valence-electron chi connectivity index (χ3n) is 3.48. The van der Waals surface area contributed by atoms with Crippen molar-refractivity contribution < 1.29 is 0 Å². The molecule has 0 saturated heterocycles. The summed E-state index contributed by atoms with van der Waals surface area (Å²) in [6.45, 7) is 10.3. The van der Waals surface area contributed by atoms with Crippen LogP contribution in [-0.2, 0) is 6.54 Å². The second-order valence-electron chi connectivity index (χ2n) is 5.12. The molecule has 0 radical (unpaired) electrons. The van der Waals surface area contributed by atoms with Gasteiger partial charge < -0.3 is 11.1 Å². The fourth-order valence-electron chi connectivity index (χ4n) is 1.64. The van der Waals surface area contributed by atoms with Gasteiger partial charge in [0.05, 0.1) is 0 Å². The molecule has 16 heavy (non-hydrogen) atoms. The molecule has 3 N–H and O–H groups in total. The molecule has 0 amide bonds. The van der Waals surface area contributed by atoms with Crippen LogP contribution >= 0.6 is 0 Å². The number of aryl methyl sites for hydroxylation is 1. The molecule has 1 aromatic carbocycles. The molecular weight excluding hydrogens is 196 g/mol. The van der Waals surface area contributed by atoms with Crippen molar-refractivity contribution in [1.82, 2.24) is 5.32 Å². The van der Waals surface area contributed by atoms with E-state index in [-0.39, 0.29) is 5.54 Å². The highest BCUT2D eigenvalue weighted by atomic mass is 15.0. The maximum atomic E-state index is 5.84. The number of benzene rings is 1. The molecular formula is C14H24N2. The van der Waals surface area contributed by atoms with E-state index >= 15 is 0 Å². The lowest BCUT2D eigenvalue weighted by molar-refractivity contribution is 0.267. The SMILES string of the molecule is Cc1cccc(CNC(C)(CN)C(C)C)c1. The van der Waals surface area contributed by atoms with Gasteiger partial charge in [0, 0.05) is 18.6 Å². The predicted molar refractivity (Wildman–Crippen MR) is 70.3 cm³/mol. The molecule has 90 valence electrons. The van der Waals surface area contributed by atoms with Crippen molar-refractivity contribution in [1.29, 1.82) is 0 Å². The van der Waals surface area contributed by atoms with Crippen LogP contribution in [0.5, 0.6) is 0 Å². The van der Waals surface area contributed by atoms with Gasteiger partial charge in [-0.15, -0.1) is 0 Å². The summed E-state index contributed by atoms with van der Waals surface area (Å²) in [5.41, 5.74) is 8.48. The Hall–Kier alpha value is -0.860. The van der Waals surface area contributed by atoms with E-state index in [1.165, 1.54) is 11.1 Å². The zero-order chi connectivity index (χ0) is 12.2. The lowest BCUT2D eigenvalue weighted by atomic mass is 9.88. The van der Waals surface area contributed by atoms with E-state index in [0.717, 1.165) is 6.54 Å². The van der Waals surface area contributed by atoms with Crippen LogP contribution in [0, 0.1) is 12.8 Å². The minimum absolute atomic E-state index is 0.0176. The van der Waals surface area contributed by atoms with Crippen molar-refractivity contribution >= 4 is 0 Å². The minimum Gasteiger partial charge on any atom is -0.329 e. The summed E-state index contributed by atoms with van der Waals surface area (Å²) >= 11 is 0. The van der Waals surface area contributed by atoms with Crippen LogP contribution in [-0.4, -0.2) is 12.1 Å². The van der Waals surface area contributed by atoms with Gasteiger partial charge in [-0.25, -0.2) is 0 Å². The standard InChI is InChI=1S/C14H24N2/c1-11(2)14(4,10-15)16-9-13-7-5-6-12(3)8-13/h5-8,11,16H,9-10,15H2,1-4H3. The molecule has 0 fully saturated rings. The Balaban J connectivity index is 2.63. The lowest BCUT2D eigenvalue weighted by Crippen LogP contribution is -2.52. The Morgan fingerprint density at radius 3 is 2.56 bits per heavy atom. The molecule has 0 heterocycles. The van der Waals surface area contributed by atoms with E-state index in [4.69, 9.17) is 5.73 Å². The molecule has 0 aliphatic heterocycles. The average molecular weight is 220 g/mol. The van der Waals surface area contributed by atoms with Gasteiger partial charge in [-0.05, 0) is 25.3 Å². The highest BCUT2D eigenvalue weighted by molar-refractivity contribution is 5.22. The van der Waals surface area contributed by atoms with Crippen molar-refractivity contribution in [3.8, 4) is 0 Å². The first-order valence-corrected chi connectivity index (χ1v) is 5.98. The third kappa shape index (κ3) is 3.32. The van der Waals surface area contributed by atoms with Crippen LogP contribution in [0.3, 0.4) is 0 Å². The Morgan fingerprint density at radius 2 is 2.06 bits per heavy atom. The highest BCUT2D eigenvalue weighted by Gasteiger charge is 2.25. The molecule has 0 aromatic heterocycles. The van der Waals surface area contributed by atoms with Crippen LogP contribution in [0.4, 0.5) is 0 Å². The Kier molecular flexibility index (Phi) is 4.51. The molecule has 2 heteroatoms. The molecule has 0 aliphatic rings. The average Bonchev–Trinajstić information content (AvgIpc) is 2.26. The summed E-state index contributed by atoms with van der Waals surface area (Å²) in [6.07, 6.45) is 0. The molecule has 0 aliphatic carbocycles. The predicted octanol–water partition coefficient (Wildman–Crippen LogP) is 2.46. The number of nitrogens with two attached hydrogens (primary N) is 1. The number of nitrogens with one attached hydrogen (secondary N) is 1. The fraction of sp³-hybridized carbons (Fsp3) is 0.571. The van der Waals surface area contributed by atoms with E-state index in [2.05, 4.69) is 57.3 Å². The van der Waals surface area contributed by atoms with E-state index in [0.29, 0.717) is 12.5 Å². The van der Waals surface area contributed by atoms with Gasteiger partial charge >= 0.3 is 0 Å². The summed E-state index contributed by atoms with van der Waals surface area (Å²) < 4.78 is 0. The van der Waals surface area contributed by atoms with E-state index in [9.17, 15) is 0 Å². The summed E-state index contributed by atoms with van der Waals surface area (Å²) in [5, 5.41) is 3.56. The van der Waals surface area contributed by atoms with Crippen molar-refractivity contribution in [3.05, 3.63) is 35.4 Å². The molecule has 0 spiro atoms.